The van der Waals surface area contributed by atoms with Crippen molar-refractivity contribution in [3.63, 3.8) is 0 Å². The number of hydrogen-bond donors (Lipinski definition) is 3. The van der Waals surface area contributed by atoms with Crippen molar-refractivity contribution in [1.29, 1.82) is 5.41 Å². The molecule has 3 aromatic carbocycles. The Morgan fingerprint density at radius 2 is 1.91 bits per heavy atom. The Morgan fingerprint density at radius 1 is 1.11 bits per heavy atom. The van der Waals surface area contributed by atoms with Gasteiger partial charge in [-0.3, -0.25) is 15.3 Å². The van der Waals surface area contributed by atoms with Gasteiger partial charge in [-0.15, -0.1) is 0 Å². The number of carbonyl (C=O) groups excluding carboxylic acids is 1. The summed E-state index contributed by atoms with van der Waals surface area (Å²) in [4.78, 5) is 25.1. The lowest BCUT2D eigenvalue weighted by Gasteiger charge is -2.32. The molecule has 4 N–H and O–H groups in total. The topological polar surface area (TPSA) is 147 Å². The number of hydrogen-bond acceptors (Lipinski definition) is 10. The highest BCUT2D eigenvalue weighted by atomic mass is 19.1. The zero-order chi connectivity index (χ0) is 33.2. The molecule has 1 aromatic heterocycles. The Balaban J connectivity index is 1.39. The van der Waals surface area contributed by atoms with Crippen molar-refractivity contribution in [2.75, 3.05) is 25.1 Å². The van der Waals surface area contributed by atoms with E-state index in [-0.39, 0.29) is 35.3 Å². The molecule has 0 saturated carbocycles. The summed E-state index contributed by atoms with van der Waals surface area (Å²) in [7, 11) is 1.84. The van der Waals surface area contributed by atoms with Crippen LogP contribution in [-0.4, -0.2) is 53.2 Å². The van der Waals surface area contributed by atoms with Crippen molar-refractivity contribution >= 4 is 29.8 Å². The van der Waals surface area contributed by atoms with Crippen LogP contribution in [0.2, 0.25) is 0 Å². The van der Waals surface area contributed by atoms with Gasteiger partial charge in [-0.2, -0.15) is 4.39 Å². The Kier molecular flexibility index (Phi) is 8.55. The first-order chi connectivity index (χ1) is 22.6. The normalized spacial score (nSPS) is 15.6. The second kappa shape index (κ2) is 12.9. The zero-order valence-corrected chi connectivity index (χ0v) is 25.4. The summed E-state index contributed by atoms with van der Waals surface area (Å²) in [6.45, 7) is 2.83. The van der Waals surface area contributed by atoms with Crippen molar-refractivity contribution in [2.24, 2.45) is 10.7 Å². The van der Waals surface area contributed by atoms with Crippen molar-refractivity contribution in [3.8, 4) is 28.9 Å². The number of aromatic nitrogens is 1. The van der Waals surface area contributed by atoms with Crippen LogP contribution in [0.1, 0.15) is 35.3 Å². The number of fused-ring (bicyclic) bond motifs is 1. The molecule has 1 unspecified atom stereocenters. The fraction of sp³-hybridized carbons (Fsp3) is 0.176. The summed E-state index contributed by atoms with van der Waals surface area (Å²) >= 11 is 0. The number of ether oxygens (including phenoxy) is 3. The van der Waals surface area contributed by atoms with Crippen molar-refractivity contribution in [2.45, 2.75) is 19.6 Å². The molecule has 0 spiro atoms. The van der Waals surface area contributed by atoms with E-state index >= 15 is 8.78 Å². The van der Waals surface area contributed by atoms with Gasteiger partial charge in [0.15, 0.2) is 17.3 Å². The minimum atomic E-state index is -1.27. The average molecular weight is 641 g/mol. The smallest absolute Gasteiger partial charge is 0.354 e. The van der Waals surface area contributed by atoms with Crippen LogP contribution >= 0.6 is 0 Å². The van der Waals surface area contributed by atoms with Gasteiger partial charge < -0.3 is 30.0 Å². The van der Waals surface area contributed by atoms with E-state index in [0.29, 0.717) is 30.0 Å². The number of aromatic hydroxyl groups is 1. The molecule has 4 aromatic rings. The standard InChI is InChI=1S/C34H30F2N6O5/c1-3-45-34(44)25-14-19-6-4-5-7-21(19)18-42(25)22-9-11-27(23(16-22)32-39-12-13-41(32)2)46-30-24(35)17-40-33(29(30)36)47-28-15-20(31(37)38)8-10-26(28)43/h4-12,14-17,32,43H,3,13,18H2,1-2H3,(H3,37,38). The molecule has 2 aliphatic rings. The van der Waals surface area contributed by atoms with Crippen LogP contribution in [-0.2, 0) is 16.1 Å². The molecule has 3 heterocycles. The van der Waals surface area contributed by atoms with Gasteiger partial charge in [0.05, 0.1) is 12.8 Å². The maximum atomic E-state index is 15.8. The van der Waals surface area contributed by atoms with Crippen LogP contribution in [0.3, 0.4) is 0 Å². The summed E-state index contributed by atoms with van der Waals surface area (Å²) in [6, 6.07) is 16.5. The van der Waals surface area contributed by atoms with E-state index in [2.05, 4.69) is 9.98 Å². The summed E-state index contributed by atoms with van der Waals surface area (Å²) < 4.78 is 47.7. The average Bonchev–Trinajstić information content (AvgIpc) is 3.50. The van der Waals surface area contributed by atoms with E-state index in [1.165, 1.54) is 18.2 Å². The molecule has 11 nitrogen and oxygen atoms in total. The Bertz CT molecular complexity index is 1950. The lowest BCUT2D eigenvalue weighted by atomic mass is 10.00. The lowest BCUT2D eigenvalue weighted by molar-refractivity contribution is -0.138. The fourth-order valence-electron chi connectivity index (χ4n) is 5.28. The van der Waals surface area contributed by atoms with Gasteiger partial charge in [-0.1, -0.05) is 24.3 Å². The van der Waals surface area contributed by atoms with E-state index in [0.717, 1.165) is 17.3 Å². The van der Waals surface area contributed by atoms with Crippen molar-refractivity contribution < 1.29 is 32.9 Å². The van der Waals surface area contributed by atoms with E-state index in [1.54, 1.807) is 37.4 Å². The molecule has 13 heteroatoms. The van der Waals surface area contributed by atoms with Crippen molar-refractivity contribution in [3.05, 3.63) is 106 Å². The fourth-order valence-corrected chi connectivity index (χ4v) is 5.28. The van der Waals surface area contributed by atoms with Crippen LogP contribution in [0.4, 0.5) is 14.5 Å². The summed E-state index contributed by atoms with van der Waals surface area (Å²) in [6.07, 6.45) is 3.67. The Labute approximate surface area is 268 Å². The van der Waals surface area contributed by atoms with E-state index < -0.39 is 35.4 Å². The highest BCUT2D eigenvalue weighted by molar-refractivity contribution is 5.99. The molecule has 47 heavy (non-hydrogen) atoms. The predicted octanol–water partition coefficient (Wildman–Crippen LogP) is 5.87. The predicted molar refractivity (Wildman–Crippen MR) is 171 cm³/mol. The molecule has 2 aliphatic heterocycles. The number of nitrogen functional groups attached to an aromatic ring is 1. The first kappa shape index (κ1) is 31.2. The van der Waals surface area contributed by atoms with Gasteiger partial charge in [0.1, 0.15) is 23.4 Å². The maximum Gasteiger partial charge on any atom is 0.354 e. The Morgan fingerprint density at radius 3 is 2.66 bits per heavy atom. The number of nitrogens with zero attached hydrogens (tertiary/aromatic N) is 4. The van der Waals surface area contributed by atoms with Gasteiger partial charge in [-0.25, -0.2) is 14.2 Å². The number of nitrogens with two attached hydrogens (primary N) is 1. The molecule has 1 atom stereocenters. The quantitative estimate of drug-likeness (QED) is 0.116. The molecule has 0 bridgehead atoms. The summed E-state index contributed by atoms with van der Waals surface area (Å²) in [5.74, 6) is -5.17. The molecule has 0 saturated heterocycles. The lowest BCUT2D eigenvalue weighted by Crippen LogP contribution is -2.31. The minimum Gasteiger partial charge on any atom is -0.504 e. The van der Waals surface area contributed by atoms with Gasteiger partial charge >= 0.3 is 5.97 Å². The molecule has 6 rings (SSSR count). The molecule has 0 amide bonds. The number of rotatable bonds is 9. The first-order valence-corrected chi connectivity index (χ1v) is 14.6. The third-order valence-electron chi connectivity index (χ3n) is 7.66. The van der Waals surface area contributed by atoms with Gasteiger partial charge in [0, 0.05) is 36.1 Å². The number of carbonyl (C=O) groups is 1. The number of benzene rings is 3. The molecule has 0 radical (unpaired) electrons. The Hall–Kier alpha value is -5.82. The monoisotopic (exact) mass is 640 g/mol. The third-order valence-corrected chi connectivity index (χ3v) is 7.66. The molecular formula is C34H30F2N6O5. The number of halogens is 2. The van der Waals surface area contributed by atoms with Crippen LogP contribution in [0.25, 0.3) is 6.08 Å². The second-order valence-electron chi connectivity index (χ2n) is 10.8. The molecule has 0 aliphatic carbocycles. The van der Waals surface area contributed by atoms with Gasteiger partial charge in [-0.05, 0) is 67.6 Å². The van der Waals surface area contributed by atoms with Crippen LogP contribution in [0.5, 0.6) is 28.9 Å². The number of esters is 1. The number of aliphatic imine (C=N–C) groups is 1. The second-order valence-corrected chi connectivity index (χ2v) is 10.8. The SMILES string of the molecule is CCOC(=O)C1=Cc2ccccc2CN1c1ccc(Oc2c(F)cnc(Oc3cc(C(=N)N)ccc3O)c2F)c(C2N=CCN2C)c1. The van der Waals surface area contributed by atoms with Gasteiger partial charge in [0.2, 0.25) is 11.6 Å². The van der Waals surface area contributed by atoms with Crippen molar-refractivity contribution in [1.82, 2.24) is 9.88 Å². The first-order valence-electron chi connectivity index (χ1n) is 14.6. The van der Waals surface area contributed by atoms with E-state index in [1.807, 2.05) is 41.1 Å². The molecular weight excluding hydrogens is 610 g/mol. The maximum absolute atomic E-state index is 15.8. The van der Waals surface area contributed by atoms with E-state index in [9.17, 15) is 9.90 Å². The molecule has 240 valence electrons. The number of phenolic OH excluding ortho intramolecular Hbond substituents is 1. The number of anilines is 1. The largest absolute Gasteiger partial charge is 0.504 e. The summed E-state index contributed by atoms with van der Waals surface area (Å²) in [5.41, 5.74) is 9.04. The highest BCUT2D eigenvalue weighted by Crippen LogP contribution is 2.42. The zero-order valence-electron chi connectivity index (χ0n) is 25.4. The third kappa shape index (κ3) is 6.20. The minimum absolute atomic E-state index is 0.0973. The number of phenols is 1. The van der Waals surface area contributed by atoms with Crippen LogP contribution in [0, 0.1) is 17.0 Å². The van der Waals surface area contributed by atoms with Crippen LogP contribution in [0.15, 0.2) is 77.5 Å². The summed E-state index contributed by atoms with van der Waals surface area (Å²) in [5, 5.41) is 17.9. The van der Waals surface area contributed by atoms with E-state index in [4.69, 9.17) is 25.4 Å². The number of pyridine rings is 1. The number of amidine groups is 1. The van der Waals surface area contributed by atoms with Gasteiger partial charge in [0.25, 0.3) is 5.88 Å². The molecule has 0 fully saturated rings. The number of nitrogens with one attached hydrogen (secondary N) is 1. The highest BCUT2D eigenvalue weighted by Gasteiger charge is 2.30. The van der Waals surface area contributed by atoms with Crippen LogP contribution < -0.4 is 20.1 Å².